The lowest BCUT2D eigenvalue weighted by Gasteiger charge is -2.31. The predicted molar refractivity (Wildman–Crippen MR) is 74.6 cm³/mol. The minimum Gasteiger partial charge on any atom is -0.390 e. The Kier molecular flexibility index (Phi) is 5.24. The van der Waals surface area contributed by atoms with Crippen LogP contribution in [0, 0.1) is 5.82 Å². The molecule has 1 aliphatic rings. The number of benzene rings is 1. The van der Waals surface area contributed by atoms with Crippen molar-refractivity contribution < 1.29 is 14.2 Å². The number of halogens is 2. The van der Waals surface area contributed by atoms with Crippen molar-refractivity contribution in [3.63, 3.8) is 0 Å². The van der Waals surface area contributed by atoms with Crippen LogP contribution in [0.15, 0.2) is 18.2 Å². The Balaban J connectivity index is 2.15. The number of para-hydroxylation sites is 1. The number of aliphatic hydroxyl groups is 1. The number of hydrogen-bond acceptors (Lipinski definition) is 4. The zero-order valence-corrected chi connectivity index (χ0v) is 11.4. The van der Waals surface area contributed by atoms with E-state index >= 15 is 0 Å². The first-order chi connectivity index (χ1) is 9.22. The molecule has 1 unspecified atom stereocenters. The highest BCUT2D eigenvalue weighted by atomic mass is 35.5. The number of ether oxygens (including phenoxy) is 1. The second-order valence-corrected chi connectivity index (χ2v) is 4.73. The van der Waals surface area contributed by atoms with Crippen LogP contribution in [-0.2, 0) is 4.74 Å². The van der Waals surface area contributed by atoms with Crippen LogP contribution in [-0.4, -0.2) is 49.9 Å². The third-order valence-corrected chi connectivity index (χ3v) is 3.38. The minimum atomic E-state index is -0.650. The quantitative estimate of drug-likeness (QED) is 0.809. The van der Waals surface area contributed by atoms with E-state index in [2.05, 4.69) is 5.32 Å². The standard InChI is InChI=1S/C13H18ClFN2O2/c14-8-10(18)9-16-12-3-1-2-11(15)13(12)17-4-6-19-7-5-17/h1-3,10,16,18H,4-9H2. The van der Waals surface area contributed by atoms with Crippen molar-refractivity contribution in [2.75, 3.05) is 48.9 Å². The molecule has 1 saturated heterocycles. The predicted octanol–water partition coefficient (Wildman–Crippen LogP) is 1.67. The maximum absolute atomic E-state index is 14.0. The molecule has 106 valence electrons. The van der Waals surface area contributed by atoms with Crippen LogP contribution in [0.1, 0.15) is 0 Å². The molecule has 1 aromatic rings. The fraction of sp³-hybridized carbons (Fsp3) is 0.538. The van der Waals surface area contributed by atoms with Gasteiger partial charge in [0.15, 0.2) is 0 Å². The molecule has 1 fully saturated rings. The Labute approximate surface area is 117 Å². The van der Waals surface area contributed by atoms with Gasteiger partial charge in [0.1, 0.15) is 5.82 Å². The molecule has 0 spiro atoms. The van der Waals surface area contributed by atoms with E-state index in [9.17, 15) is 9.50 Å². The van der Waals surface area contributed by atoms with E-state index in [0.717, 1.165) is 0 Å². The Hall–Kier alpha value is -1.04. The van der Waals surface area contributed by atoms with E-state index in [-0.39, 0.29) is 11.7 Å². The van der Waals surface area contributed by atoms with Crippen molar-refractivity contribution in [3.05, 3.63) is 24.0 Å². The second kappa shape index (κ2) is 6.93. The third kappa shape index (κ3) is 3.72. The molecule has 1 heterocycles. The summed E-state index contributed by atoms with van der Waals surface area (Å²) in [4.78, 5) is 1.95. The molecule has 1 aliphatic heterocycles. The molecule has 0 aliphatic carbocycles. The number of morpholine rings is 1. The van der Waals surface area contributed by atoms with Gasteiger partial charge >= 0.3 is 0 Å². The SMILES string of the molecule is OC(CCl)CNc1cccc(F)c1N1CCOCC1. The molecular formula is C13H18ClFN2O2. The first-order valence-electron chi connectivity index (χ1n) is 6.31. The molecule has 0 radical (unpaired) electrons. The lowest BCUT2D eigenvalue weighted by Crippen LogP contribution is -2.37. The van der Waals surface area contributed by atoms with Crippen LogP contribution < -0.4 is 10.2 Å². The monoisotopic (exact) mass is 288 g/mol. The van der Waals surface area contributed by atoms with E-state index < -0.39 is 6.10 Å². The van der Waals surface area contributed by atoms with Crippen LogP contribution >= 0.6 is 11.6 Å². The first-order valence-corrected chi connectivity index (χ1v) is 6.85. The fourth-order valence-corrected chi connectivity index (χ4v) is 2.16. The Morgan fingerprint density at radius 1 is 1.42 bits per heavy atom. The van der Waals surface area contributed by atoms with Gasteiger partial charge < -0.3 is 20.1 Å². The van der Waals surface area contributed by atoms with Gasteiger partial charge in [0.25, 0.3) is 0 Å². The Morgan fingerprint density at radius 2 is 2.16 bits per heavy atom. The number of nitrogens with zero attached hydrogens (tertiary/aromatic N) is 1. The highest BCUT2D eigenvalue weighted by Gasteiger charge is 2.18. The Morgan fingerprint density at radius 3 is 2.84 bits per heavy atom. The first kappa shape index (κ1) is 14.4. The van der Waals surface area contributed by atoms with Gasteiger partial charge in [-0.3, -0.25) is 0 Å². The molecule has 0 bridgehead atoms. The molecular weight excluding hydrogens is 271 g/mol. The number of hydrogen-bond donors (Lipinski definition) is 2. The lowest BCUT2D eigenvalue weighted by molar-refractivity contribution is 0.122. The summed E-state index contributed by atoms with van der Waals surface area (Å²) in [7, 11) is 0. The van der Waals surface area contributed by atoms with Crippen molar-refractivity contribution in [1.29, 1.82) is 0 Å². The zero-order valence-electron chi connectivity index (χ0n) is 10.6. The van der Waals surface area contributed by atoms with Crippen LogP contribution in [0.4, 0.5) is 15.8 Å². The normalized spacial score (nSPS) is 17.3. The summed E-state index contributed by atoms with van der Waals surface area (Å²) >= 11 is 5.55. The van der Waals surface area contributed by atoms with E-state index in [1.807, 2.05) is 4.90 Å². The van der Waals surface area contributed by atoms with Crippen molar-refractivity contribution >= 4 is 23.0 Å². The van der Waals surface area contributed by atoms with Crippen molar-refractivity contribution in [2.24, 2.45) is 0 Å². The number of alkyl halides is 1. The van der Waals surface area contributed by atoms with Crippen molar-refractivity contribution in [2.45, 2.75) is 6.10 Å². The summed E-state index contributed by atoms with van der Waals surface area (Å²) in [6.45, 7) is 2.81. The smallest absolute Gasteiger partial charge is 0.148 e. The summed E-state index contributed by atoms with van der Waals surface area (Å²) in [6, 6.07) is 4.89. The molecule has 2 N–H and O–H groups in total. The number of nitrogens with one attached hydrogen (secondary N) is 1. The molecule has 4 nitrogen and oxygen atoms in total. The minimum absolute atomic E-state index is 0.148. The van der Waals surface area contributed by atoms with Gasteiger partial charge in [0.05, 0.1) is 36.6 Å². The molecule has 2 rings (SSSR count). The molecule has 1 aromatic carbocycles. The number of rotatable bonds is 5. The van der Waals surface area contributed by atoms with Crippen LogP contribution in [0.2, 0.25) is 0 Å². The largest absolute Gasteiger partial charge is 0.390 e. The summed E-state index contributed by atoms with van der Waals surface area (Å²) in [6.07, 6.45) is -0.650. The van der Waals surface area contributed by atoms with Gasteiger partial charge in [-0.05, 0) is 12.1 Å². The van der Waals surface area contributed by atoms with E-state index in [1.165, 1.54) is 6.07 Å². The zero-order chi connectivity index (χ0) is 13.7. The van der Waals surface area contributed by atoms with Gasteiger partial charge in [-0.1, -0.05) is 6.07 Å². The average molecular weight is 289 g/mol. The van der Waals surface area contributed by atoms with E-state index in [1.54, 1.807) is 12.1 Å². The molecule has 19 heavy (non-hydrogen) atoms. The van der Waals surface area contributed by atoms with Gasteiger partial charge in [-0.2, -0.15) is 0 Å². The molecule has 6 heteroatoms. The maximum atomic E-state index is 14.0. The summed E-state index contributed by atoms with van der Waals surface area (Å²) < 4.78 is 19.3. The third-order valence-electron chi connectivity index (χ3n) is 3.02. The van der Waals surface area contributed by atoms with Crippen molar-refractivity contribution in [1.82, 2.24) is 0 Å². The highest BCUT2D eigenvalue weighted by molar-refractivity contribution is 6.18. The molecule has 0 amide bonds. The maximum Gasteiger partial charge on any atom is 0.148 e. The summed E-state index contributed by atoms with van der Waals surface area (Å²) in [5.74, 6) is -0.123. The van der Waals surface area contributed by atoms with E-state index in [4.69, 9.17) is 16.3 Å². The van der Waals surface area contributed by atoms with Gasteiger partial charge in [0.2, 0.25) is 0 Å². The van der Waals surface area contributed by atoms with Crippen LogP contribution in [0.5, 0.6) is 0 Å². The fourth-order valence-electron chi connectivity index (χ4n) is 2.05. The second-order valence-electron chi connectivity index (χ2n) is 4.42. The van der Waals surface area contributed by atoms with E-state index in [0.29, 0.717) is 44.2 Å². The Bertz CT molecular complexity index is 414. The van der Waals surface area contributed by atoms with Crippen LogP contribution in [0.3, 0.4) is 0 Å². The number of aliphatic hydroxyl groups excluding tert-OH is 1. The van der Waals surface area contributed by atoms with Gasteiger partial charge in [-0.25, -0.2) is 4.39 Å². The highest BCUT2D eigenvalue weighted by Crippen LogP contribution is 2.29. The van der Waals surface area contributed by atoms with Gasteiger partial charge in [0, 0.05) is 19.6 Å². The molecule has 0 aromatic heterocycles. The van der Waals surface area contributed by atoms with Crippen LogP contribution in [0.25, 0.3) is 0 Å². The number of anilines is 2. The topological polar surface area (TPSA) is 44.7 Å². The lowest BCUT2D eigenvalue weighted by atomic mass is 10.2. The molecule has 0 saturated carbocycles. The summed E-state index contributed by atoms with van der Waals surface area (Å²) in [5.41, 5.74) is 1.21. The van der Waals surface area contributed by atoms with Gasteiger partial charge in [-0.15, -0.1) is 11.6 Å². The molecule has 1 atom stereocenters. The average Bonchev–Trinajstić information content (AvgIpc) is 2.45. The summed E-state index contributed by atoms with van der Waals surface area (Å²) in [5, 5.41) is 12.5. The van der Waals surface area contributed by atoms with Crippen molar-refractivity contribution in [3.8, 4) is 0 Å².